The standard InChI is InChI=1S/C37H38F2N4O4/c1-22(37(45)46)17-23-7-6-8-24(18-23)26-9-4-3-5-16-43(2)34(44)13-11-28-27-14-15-40-32(27)20-31(39)35(28)47-25-10-12-30(38)29(19-25)36-41-21-33(26)42-36/h6-8,10,12,14-15,18-22,26,40H,3-5,9,11,13,16-17H2,1-2H3,(H,41,42)(H,45,46). The normalized spacial score (nSPS) is 16.9. The first-order valence-corrected chi connectivity index (χ1v) is 16.0. The van der Waals surface area contributed by atoms with Gasteiger partial charge in [-0.25, -0.2) is 13.8 Å². The summed E-state index contributed by atoms with van der Waals surface area (Å²) in [6.07, 6.45) is 7.61. The maximum atomic E-state index is 15.5. The number of carboxylic acids is 1. The first kappa shape index (κ1) is 32.0. The van der Waals surface area contributed by atoms with E-state index in [1.54, 1.807) is 31.3 Å². The fraction of sp³-hybridized carbons (Fsp3) is 0.324. The minimum absolute atomic E-state index is 0.000300. The molecule has 3 heterocycles. The van der Waals surface area contributed by atoms with Crippen molar-refractivity contribution in [2.45, 2.75) is 57.8 Å². The Morgan fingerprint density at radius 1 is 1.09 bits per heavy atom. The number of hydrogen-bond donors (Lipinski definition) is 3. The first-order valence-electron chi connectivity index (χ1n) is 16.0. The Morgan fingerprint density at radius 3 is 2.77 bits per heavy atom. The predicted molar refractivity (Wildman–Crippen MR) is 176 cm³/mol. The SMILES string of the molecule is CC(Cc1cccc(C2CCCCCN(C)C(=O)CCc3c(c(F)cc4[nH]ccc34)Oc3ccc(F)c(c3)-c3ncc2[nH]3)c1)C(=O)O. The molecule has 3 N–H and O–H groups in total. The van der Waals surface area contributed by atoms with E-state index in [1.165, 1.54) is 24.3 Å². The smallest absolute Gasteiger partial charge is 0.306 e. The molecule has 0 aliphatic carbocycles. The molecular weight excluding hydrogens is 602 g/mol. The van der Waals surface area contributed by atoms with Crippen LogP contribution in [0, 0.1) is 17.6 Å². The molecular formula is C37H38F2N4O4. The average molecular weight is 641 g/mol. The van der Waals surface area contributed by atoms with Crippen LogP contribution in [-0.2, 0) is 22.4 Å². The number of amides is 1. The second kappa shape index (κ2) is 13.8. The number of halogens is 2. The fourth-order valence-electron chi connectivity index (χ4n) is 6.40. The van der Waals surface area contributed by atoms with Crippen molar-refractivity contribution in [1.82, 2.24) is 19.9 Å². The molecule has 1 aliphatic rings. The lowest BCUT2D eigenvalue weighted by Crippen LogP contribution is -2.28. The Morgan fingerprint density at radius 2 is 1.94 bits per heavy atom. The zero-order chi connectivity index (χ0) is 33.1. The van der Waals surface area contributed by atoms with Crippen LogP contribution in [0.3, 0.4) is 0 Å². The lowest BCUT2D eigenvalue weighted by Gasteiger charge is -2.19. The number of hydrogen-bond acceptors (Lipinski definition) is 4. The molecule has 244 valence electrons. The number of fused-ring (bicyclic) bond motifs is 8. The van der Waals surface area contributed by atoms with E-state index in [0.29, 0.717) is 29.9 Å². The molecule has 47 heavy (non-hydrogen) atoms. The number of carbonyl (C=O) groups is 2. The predicted octanol–water partition coefficient (Wildman–Crippen LogP) is 7.99. The largest absolute Gasteiger partial charge is 0.481 e. The summed E-state index contributed by atoms with van der Waals surface area (Å²) in [7, 11) is 1.79. The molecule has 0 spiro atoms. The fourth-order valence-corrected chi connectivity index (χ4v) is 6.40. The average Bonchev–Trinajstić information content (AvgIpc) is 3.73. The van der Waals surface area contributed by atoms with E-state index in [4.69, 9.17) is 4.74 Å². The number of H-pyrrole nitrogens is 2. The van der Waals surface area contributed by atoms with Crippen molar-refractivity contribution < 1.29 is 28.2 Å². The molecule has 0 fully saturated rings. The number of nitrogens with zero attached hydrogens (tertiary/aromatic N) is 2. The molecule has 5 aromatic rings. The summed E-state index contributed by atoms with van der Waals surface area (Å²) in [6, 6.07) is 15.3. The van der Waals surface area contributed by atoms with Gasteiger partial charge >= 0.3 is 5.97 Å². The maximum absolute atomic E-state index is 15.5. The highest BCUT2D eigenvalue weighted by Gasteiger charge is 2.23. The van der Waals surface area contributed by atoms with Crippen LogP contribution in [0.15, 0.2) is 67.0 Å². The Labute approximate surface area is 271 Å². The third-order valence-corrected chi connectivity index (χ3v) is 9.07. The Balaban J connectivity index is 1.39. The number of rotatable bonds is 4. The van der Waals surface area contributed by atoms with Gasteiger partial charge in [-0.15, -0.1) is 0 Å². The zero-order valence-electron chi connectivity index (χ0n) is 26.5. The summed E-state index contributed by atoms with van der Waals surface area (Å²) in [4.78, 5) is 37.3. The van der Waals surface area contributed by atoms with Crippen molar-refractivity contribution in [1.29, 1.82) is 0 Å². The molecule has 1 aliphatic heterocycles. The van der Waals surface area contributed by atoms with Gasteiger partial charge < -0.3 is 24.7 Å². The van der Waals surface area contributed by atoms with Gasteiger partial charge in [0.1, 0.15) is 17.4 Å². The second-order valence-corrected chi connectivity index (χ2v) is 12.4. The van der Waals surface area contributed by atoms with Gasteiger partial charge in [0, 0.05) is 66.6 Å². The molecule has 2 unspecified atom stereocenters. The van der Waals surface area contributed by atoms with E-state index in [-0.39, 0.29) is 41.7 Å². The summed E-state index contributed by atoms with van der Waals surface area (Å²) in [6.45, 7) is 2.29. The first-order chi connectivity index (χ1) is 22.7. The Kier molecular flexibility index (Phi) is 9.38. The van der Waals surface area contributed by atoms with Crippen LogP contribution >= 0.6 is 0 Å². The molecule has 8 nitrogen and oxygen atoms in total. The lowest BCUT2D eigenvalue weighted by molar-refractivity contribution is -0.141. The highest BCUT2D eigenvalue weighted by Crippen LogP contribution is 2.38. The third kappa shape index (κ3) is 7.06. The summed E-state index contributed by atoms with van der Waals surface area (Å²) in [5.41, 5.74) is 4.07. The number of aliphatic carboxylic acids is 1. The minimum Gasteiger partial charge on any atom is -0.481 e. The van der Waals surface area contributed by atoms with E-state index in [2.05, 4.69) is 15.0 Å². The van der Waals surface area contributed by atoms with Crippen LogP contribution in [-0.4, -0.2) is 50.4 Å². The molecule has 1 amide bonds. The van der Waals surface area contributed by atoms with Gasteiger partial charge in [-0.05, 0) is 61.1 Å². The van der Waals surface area contributed by atoms with Crippen LogP contribution in [0.1, 0.15) is 67.3 Å². The van der Waals surface area contributed by atoms with Crippen molar-refractivity contribution in [3.8, 4) is 22.9 Å². The molecule has 2 aromatic heterocycles. The molecule has 2 atom stereocenters. The Bertz CT molecular complexity index is 1920. The molecule has 4 bridgehead atoms. The van der Waals surface area contributed by atoms with E-state index >= 15 is 8.78 Å². The van der Waals surface area contributed by atoms with Crippen molar-refractivity contribution >= 4 is 22.8 Å². The van der Waals surface area contributed by atoms with E-state index < -0.39 is 23.5 Å². The quantitative estimate of drug-likeness (QED) is 0.184. The van der Waals surface area contributed by atoms with Gasteiger partial charge in [0.15, 0.2) is 11.6 Å². The van der Waals surface area contributed by atoms with Crippen LogP contribution < -0.4 is 4.74 Å². The van der Waals surface area contributed by atoms with Crippen LogP contribution in [0.5, 0.6) is 11.5 Å². The van der Waals surface area contributed by atoms with Gasteiger partial charge in [0.25, 0.3) is 0 Å². The third-order valence-electron chi connectivity index (χ3n) is 9.07. The summed E-state index contributed by atoms with van der Waals surface area (Å²) in [5.74, 6) is -2.07. The second-order valence-electron chi connectivity index (χ2n) is 12.4. The van der Waals surface area contributed by atoms with E-state index in [0.717, 1.165) is 47.9 Å². The van der Waals surface area contributed by atoms with Crippen molar-refractivity contribution in [3.63, 3.8) is 0 Å². The minimum atomic E-state index is -0.846. The van der Waals surface area contributed by atoms with E-state index in [1.807, 2.05) is 30.3 Å². The van der Waals surface area contributed by atoms with Gasteiger partial charge in [0.05, 0.1) is 11.5 Å². The van der Waals surface area contributed by atoms with Gasteiger partial charge in [-0.1, -0.05) is 44.0 Å². The summed E-state index contributed by atoms with van der Waals surface area (Å²) < 4.78 is 37.0. The number of aromatic amines is 2. The van der Waals surface area contributed by atoms with Crippen LogP contribution in [0.2, 0.25) is 0 Å². The highest BCUT2D eigenvalue weighted by atomic mass is 19.1. The number of aromatic nitrogens is 3. The summed E-state index contributed by atoms with van der Waals surface area (Å²) >= 11 is 0. The number of carbonyl (C=O) groups excluding carboxylic acids is 1. The van der Waals surface area contributed by atoms with Crippen molar-refractivity contribution in [2.75, 3.05) is 13.6 Å². The number of aryl methyl sites for hydroxylation is 1. The van der Waals surface area contributed by atoms with Gasteiger partial charge in [0.2, 0.25) is 5.91 Å². The van der Waals surface area contributed by atoms with Gasteiger partial charge in [-0.3, -0.25) is 9.59 Å². The molecule has 0 radical (unpaired) electrons. The molecule has 6 rings (SSSR count). The number of benzene rings is 3. The molecule has 10 heteroatoms. The number of carboxylic acid groups (broad SMARTS) is 1. The van der Waals surface area contributed by atoms with Crippen LogP contribution in [0.4, 0.5) is 8.78 Å². The van der Waals surface area contributed by atoms with Gasteiger partial charge in [-0.2, -0.15) is 0 Å². The number of ether oxygens (including phenoxy) is 1. The van der Waals surface area contributed by atoms with E-state index in [9.17, 15) is 14.7 Å². The summed E-state index contributed by atoms with van der Waals surface area (Å²) in [5, 5.41) is 10.2. The number of nitrogens with one attached hydrogen (secondary N) is 2. The maximum Gasteiger partial charge on any atom is 0.306 e. The van der Waals surface area contributed by atoms with Crippen LogP contribution in [0.25, 0.3) is 22.3 Å². The monoisotopic (exact) mass is 640 g/mol. The topological polar surface area (TPSA) is 111 Å². The zero-order valence-corrected chi connectivity index (χ0v) is 26.5. The number of imidazole rings is 1. The molecule has 3 aromatic carbocycles. The Hall–Kier alpha value is -4.99. The lowest BCUT2D eigenvalue weighted by atomic mass is 9.88. The molecule has 0 saturated carbocycles. The highest BCUT2D eigenvalue weighted by molar-refractivity contribution is 5.86. The molecule has 0 saturated heterocycles. The van der Waals surface area contributed by atoms with Crippen molar-refractivity contribution in [2.24, 2.45) is 5.92 Å². The van der Waals surface area contributed by atoms with Crippen molar-refractivity contribution in [3.05, 3.63) is 101 Å².